The molecular formula is C13H14F2N4O3. The van der Waals surface area contributed by atoms with Gasteiger partial charge >= 0.3 is 5.97 Å². The maximum Gasteiger partial charge on any atom is 0.333 e. The van der Waals surface area contributed by atoms with Crippen LogP contribution in [0.1, 0.15) is 25.7 Å². The summed E-state index contributed by atoms with van der Waals surface area (Å²) >= 11 is 0. The number of hydrogen-bond acceptors (Lipinski definition) is 5. The summed E-state index contributed by atoms with van der Waals surface area (Å²) < 4.78 is 30.4. The maximum absolute atomic E-state index is 12.8. The molecule has 0 bridgehead atoms. The molecule has 0 radical (unpaired) electrons. The van der Waals surface area contributed by atoms with Crippen LogP contribution in [0.3, 0.4) is 0 Å². The highest BCUT2D eigenvalue weighted by Gasteiger charge is 2.47. The van der Waals surface area contributed by atoms with E-state index in [9.17, 15) is 18.7 Å². The van der Waals surface area contributed by atoms with Gasteiger partial charge in [-0.05, 0) is 37.0 Å². The van der Waals surface area contributed by atoms with E-state index in [2.05, 4.69) is 15.4 Å². The third kappa shape index (κ3) is 2.36. The number of halogens is 2. The van der Waals surface area contributed by atoms with Crippen LogP contribution in [0.2, 0.25) is 0 Å². The van der Waals surface area contributed by atoms with E-state index in [4.69, 9.17) is 4.42 Å². The molecule has 0 saturated heterocycles. The number of alkyl halides is 2. The average molecular weight is 312 g/mol. The summed E-state index contributed by atoms with van der Waals surface area (Å²) in [5.74, 6) is -1.66. The number of aliphatic carboxylic acids is 1. The smallest absolute Gasteiger partial charge is 0.333 e. The number of tetrazole rings is 1. The van der Waals surface area contributed by atoms with Crippen molar-refractivity contribution in [3.05, 3.63) is 18.6 Å². The molecule has 2 aromatic heterocycles. The minimum Gasteiger partial charge on any atom is -0.479 e. The molecule has 0 atom stereocenters. The fraction of sp³-hybridized carbons (Fsp3) is 0.538. The van der Waals surface area contributed by atoms with Crippen molar-refractivity contribution < 1.29 is 23.1 Å². The van der Waals surface area contributed by atoms with Crippen molar-refractivity contribution in [1.82, 2.24) is 20.2 Å². The summed E-state index contributed by atoms with van der Waals surface area (Å²) in [6.45, 7) is 0. The molecule has 22 heavy (non-hydrogen) atoms. The van der Waals surface area contributed by atoms with Crippen molar-refractivity contribution in [3.8, 4) is 11.4 Å². The molecule has 9 heteroatoms. The molecule has 0 unspecified atom stereocenters. The highest BCUT2D eigenvalue weighted by atomic mass is 19.3. The molecule has 3 rings (SSSR count). The average Bonchev–Trinajstić information content (AvgIpc) is 3.18. The topological polar surface area (TPSA) is 94.0 Å². The minimum absolute atomic E-state index is 0.0541. The Hall–Kier alpha value is -2.32. The lowest BCUT2D eigenvalue weighted by Crippen LogP contribution is -2.47. The molecule has 7 nitrogen and oxygen atoms in total. The Kier molecular flexibility index (Phi) is 3.63. The number of hydrogen-bond donors (Lipinski definition) is 1. The van der Waals surface area contributed by atoms with Crippen LogP contribution in [0, 0.1) is 5.92 Å². The summed E-state index contributed by atoms with van der Waals surface area (Å²) in [4.78, 5) is 12.8. The highest BCUT2D eigenvalue weighted by molar-refractivity contribution is 5.76. The van der Waals surface area contributed by atoms with Gasteiger partial charge in [0.1, 0.15) is 6.26 Å². The van der Waals surface area contributed by atoms with Gasteiger partial charge in [-0.15, -0.1) is 15.0 Å². The standard InChI is InChI=1S/C13H14F2N4O3/c14-10(15)8-1-4-13(5-2-8,12(20)21)19-17-11(16-18-19)9-3-6-22-7-9/h3,6-8,10H,1-2,4-5H2,(H,20,21). The van der Waals surface area contributed by atoms with Crippen molar-refractivity contribution >= 4 is 5.97 Å². The fourth-order valence-electron chi connectivity index (χ4n) is 2.77. The molecule has 118 valence electrons. The van der Waals surface area contributed by atoms with E-state index in [1.807, 2.05) is 0 Å². The normalized spacial score (nSPS) is 25.5. The van der Waals surface area contributed by atoms with Gasteiger partial charge in [0.15, 0.2) is 5.54 Å². The molecule has 1 fully saturated rings. The van der Waals surface area contributed by atoms with Crippen molar-refractivity contribution in [2.75, 3.05) is 0 Å². The second kappa shape index (κ2) is 5.47. The van der Waals surface area contributed by atoms with Crippen LogP contribution in [-0.4, -0.2) is 37.7 Å². The minimum atomic E-state index is -2.43. The molecule has 0 amide bonds. The van der Waals surface area contributed by atoms with Crippen LogP contribution >= 0.6 is 0 Å². The van der Waals surface area contributed by atoms with E-state index in [0.29, 0.717) is 5.56 Å². The Morgan fingerprint density at radius 1 is 1.45 bits per heavy atom. The summed E-state index contributed by atoms with van der Waals surface area (Å²) in [5, 5.41) is 21.3. The van der Waals surface area contributed by atoms with Gasteiger partial charge in [0.25, 0.3) is 0 Å². The number of aromatic nitrogens is 4. The molecule has 1 saturated carbocycles. The van der Waals surface area contributed by atoms with Crippen molar-refractivity contribution in [1.29, 1.82) is 0 Å². The molecule has 0 aliphatic heterocycles. The molecule has 1 N–H and O–H groups in total. The number of rotatable bonds is 4. The van der Waals surface area contributed by atoms with E-state index in [-0.39, 0.29) is 31.5 Å². The van der Waals surface area contributed by atoms with E-state index in [1.165, 1.54) is 12.5 Å². The van der Waals surface area contributed by atoms with Crippen LogP contribution in [0.15, 0.2) is 23.0 Å². The van der Waals surface area contributed by atoms with Crippen molar-refractivity contribution in [3.63, 3.8) is 0 Å². The summed E-state index contributed by atoms with van der Waals surface area (Å²) in [7, 11) is 0. The van der Waals surface area contributed by atoms with Crippen LogP contribution in [0.25, 0.3) is 11.4 Å². The zero-order chi connectivity index (χ0) is 15.7. The molecule has 0 aromatic carbocycles. The first kappa shape index (κ1) is 14.6. The third-order valence-corrected chi connectivity index (χ3v) is 4.19. The number of carboxylic acids is 1. The van der Waals surface area contributed by atoms with Crippen LogP contribution in [-0.2, 0) is 10.3 Å². The lowest BCUT2D eigenvalue weighted by molar-refractivity contribution is -0.152. The monoisotopic (exact) mass is 312 g/mol. The largest absolute Gasteiger partial charge is 0.479 e. The Bertz CT molecular complexity index is 648. The zero-order valence-electron chi connectivity index (χ0n) is 11.5. The van der Waals surface area contributed by atoms with Crippen molar-refractivity contribution in [2.45, 2.75) is 37.6 Å². The van der Waals surface area contributed by atoms with E-state index < -0.39 is 23.9 Å². The first-order chi connectivity index (χ1) is 10.5. The second-order valence-electron chi connectivity index (χ2n) is 5.42. The molecule has 1 aliphatic carbocycles. The summed E-state index contributed by atoms with van der Waals surface area (Å²) in [6, 6.07) is 1.63. The number of furan rings is 1. The van der Waals surface area contributed by atoms with E-state index in [0.717, 1.165) is 4.80 Å². The Morgan fingerprint density at radius 2 is 2.18 bits per heavy atom. The molecule has 2 aromatic rings. The predicted octanol–water partition coefficient (Wildman–Crippen LogP) is 2.17. The van der Waals surface area contributed by atoms with Gasteiger partial charge in [0.2, 0.25) is 12.2 Å². The maximum atomic E-state index is 12.8. The number of carbonyl (C=O) groups is 1. The summed E-state index contributed by atoms with van der Waals surface area (Å²) in [6.07, 6.45) is 0.771. The van der Waals surface area contributed by atoms with E-state index >= 15 is 0 Å². The lowest BCUT2D eigenvalue weighted by Gasteiger charge is -2.35. The quantitative estimate of drug-likeness (QED) is 0.929. The molecular weight excluding hydrogens is 298 g/mol. The van der Waals surface area contributed by atoms with Crippen LogP contribution in [0.5, 0.6) is 0 Å². The zero-order valence-corrected chi connectivity index (χ0v) is 11.5. The lowest BCUT2D eigenvalue weighted by atomic mass is 9.77. The molecule has 2 heterocycles. The van der Waals surface area contributed by atoms with Crippen LogP contribution in [0.4, 0.5) is 8.78 Å². The third-order valence-electron chi connectivity index (χ3n) is 4.19. The first-order valence-electron chi connectivity index (χ1n) is 6.87. The number of carboxylic acid groups (broad SMARTS) is 1. The van der Waals surface area contributed by atoms with Crippen LogP contribution < -0.4 is 0 Å². The van der Waals surface area contributed by atoms with Gasteiger partial charge in [-0.2, -0.15) is 0 Å². The Morgan fingerprint density at radius 3 is 2.73 bits per heavy atom. The summed E-state index contributed by atoms with van der Waals surface area (Å²) in [5.41, 5.74) is -0.839. The van der Waals surface area contributed by atoms with Gasteiger partial charge < -0.3 is 9.52 Å². The van der Waals surface area contributed by atoms with Crippen molar-refractivity contribution in [2.24, 2.45) is 5.92 Å². The van der Waals surface area contributed by atoms with Gasteiger partial charge in [-0.25, -0.2) is 13.6 Å². The molecule has 1 aliphatic rings. The SMILES string of the molecule is O=C(O)C1(n2nnc(-c3ccoc3)n2)CCC(C(F)F)CC1. The van der Waals surface area contributed by atoms with Gasteiger partial charge in [-0.1, -0.05) is 0 Å². The predicted molar refractivity (Wildman–Crippen MR) is 69.1 cm³/mol. The second-order valence-corrected chi connectivity index (χ2v) is 5.42. The van der Waals surface area contributed by atoms with Gasteiger partial charge in [-0.3, -0.25) is 0 Å². The number of nitrogens with zero attached hydrogens (tertiary/aromatic N) is 4. The fourth-order valence-corrected chi connectivity index (χ4v) is 2.77. The van der Waals surface area contributed by atoms with E-state index in [1.54, 1.807) is 6.07 Å². The highest BCUT2D eigenvalue weighted by Crippen LogP contribution is 2.39. The van der Waals surface area contributed by atoms with Gasteiger partial charge in [0.05, 0.1) is 11.8 Å². The Balaban J connectivity index is 1.88. The van der Waals surface area contributed by atoms with Gasteiger partial charge in [0, 0.05) is 5.92 Å². The first-order valence-corrected chi connectivity index (χ1v) is 6.87. The molecule has 0 spiro atoms. The Labute approximate surface area is 123 Å².